The second kappa shape index (κ2) is 10.0. The molecular formula is C25H27FN4O2. The molecule has 7 heteroatoms. The van der Waals surface area contributed by atoms with Gasteiger partial charge in [0.25, 0.3) is 0 Å². The van der Waals surface area contributed by atoms with E-state index in [4.69, 9.17) is 0 Å². The van der Waals surface area contributed by atoms with Crippen molar-refractivity contribution in [3.05, 3.63) is 77.4 Å². The monoisotopic (exact) mass is 434 g/mol. The molecule has 0 bridgehead atoms. The molecule has 0 fully saturated rings. The first-order valence-corrected chi connectivity index (χ1v) is 10.4. The maximum atomic E-state index is 13.2. The van der Waals surface area contributed by atoms with Gasteiger partial charge < -0.3 is 10.6 Å². The van der Waals surface area contributed by atoms with Gasteiger partial charge in [-0.2, -0.15) is 5.10 Å². The number of carbonyl (C=O) groups is 2. The van der Waals surface area contributed by atoms with E-state index in [0.717, 1.165) is 22.6 Å². The highest BCUT2D eigenvalue weighted by atomic mass is 19.1. The highest BCUT2D eigenvalue weighted by molar-refractivity contribution is 6.02. The normalized spacial score (nSPS) is 11.2. The molecule has 0 radical (unpaired) electrons. The Bertz CT molecular complexity index is 1130. The van der Waals surface area contributed by atoms with Crippen LogP contribution >= 0.6 is 0 Å². The predicted octanol–water partition coefficient (Wildman–Crippen LogP) is 5.26. The van der Waals surface area contributed by atoms with E-state index in [1.54, 1.807) is 47.2 Å². The minimum absolute atomic E-state index is 0.0355. The summed E-state index contributed by atoms with van der Waals surface area (Å²) in [7, 11) is 0. The molecule has 1 aromatic heterocycles. The van der Waals surface area contributed by atoms with E-state index in [2.05, 4.69) is 15.7 Å². The molecule has 0 aliphatic carbocycles. The van der Waals surface area contributed by atoms with Crippen molar-refractivity contribution in [2.45, 2.75) is 34.1 Å². The van der Waals surface area contributed by atoms with Gasteiger partial charge in [0.15, 0.2) is 0 Å². The summed E-state index contributed by atoms with van der Waals surface area (Å²) in [6.07, 6.45) is 3.62. The number of halogens is 1. The zero-order chi connectivity index (χ0) is 23.3. The molecular weight excluding hydrogens is 407 g/mol. The van der Waals surface area contributed by atoms with Crippen LogP contribution in [-0.2, 0) is 9.59 Å². The molecule has 3 rings (SSSR count). The van der Waals surface area contributed by atoms with Gasteiger partial charge in [0.05, 0.1) is 11.4 Å². The van der Waals surface area contributed by atoms with Gasteiger partial charge in [-0.05, 0) is 74.4 Å². The summed E-state index contributed by atoms with van der Waals surface area (Å²) in [5.74, 6) is -0.338. The number of aromatic nitrogens is 2. The second-order valence-electron chi connectivity index (χ2n) is 8.02. The van der Waals surface area contributed by atoms with E-state index in [0.29, 0.717) is 17.8 Å². The minimum atomic E-state index is -0.307. The van der Waals surface area contributed by atoms with Crippen molar-refractivity contribution >= 4 is 29.3 Å². The van der Waals surface area contributed by atoms with E-state index in [-0.39, 0.29) is 23.5 Å². The zero-order valence-corrected chi connectivity index (χ0v) is 18.6. The Morgan fingerprint density at radius 3 is 2.19 bits per heavy atom. The molecule has 166 valence electrons. The van der Waals surface area contributed by atoms with E-state index in [9.17, 15) is 14.0 Å². The van der Waals surface area contributed by atoms with Crippen molar-refractivity contribution in [3.63, 3.8) is 0 Å². The summed E-state index contributed by atoms with van der Waals surface area (Å²) in [6, 6.07) is 13.1. The van der Waals surface area contributed by atoms with Crippen molar-refractivity contribution < 1.29 is 14.0 Å². The van der Waals surface area contributed by atoms with Crippen LogP contribution in [0.3, 0.4) is 0 Å². The van der Waals surface area contributed by atoms with Crippen LogP contribution < -0.4 is 10.6 Å². The van der Waals surface area contributed by atoms with Crippen molar-refractivity contribution in [1.29, 1.82) is 0 Å². The molecule has 2 N–H and O–H groups in total. The molecule has 0 aliphatic heterocycles. The molecule has 2 aromatic carbocycles. The number of rotatable bonds is 7. The Kier molecular flexibility index (Phi) is 7.20. The first-order valence-electron chi connectivity index (χ1n) is 10.4. The Morgan fingerprint density at radius 1 is 1.00 bits per heavy atom. The van der Waals surface area contributed by atoms with Crippen molar-refractivity contribution in [1.82, 2.24) is 9.78 Å². The average Bonchev–Trinajstić information content (AvgIpc) is 3.01. The first-order chi connectivity index (χ1) is 15.2. The molecule has 0 unspecified atom stereocenters. The number of hydrogen-bond donors (Lipinski definition) is 2. The van der Waals surface area contributed by atoms with Gasteiger partial charge in [-0.1, -0.05) is 13.8 Å². The number of amides is 2. The van der Waals surface area contributed by atoms with Gasteiger partial charge in [0.1, 0.15) is 5.82 Å². The lowest BCUT2D eigenvalue weighted by Gasteiger charge is -2.08. The van der Waals surface area contributed by atoms with E-state index >= 15 is 0 Å². The third-order valence-corrected chi connectivity index (χ3v) is 4.85. The SMILES string of the molecule is Cc1nn(-c2ccc(F)cc2)c(C)c1C=CC(=O)Nc1ccc(NC(=O)CC(C)C)cc1. The average molecular weight is 435 g/mol. The fraction of sp³-hybridized carbons (Fsp3) is 0.240. The molecule has 1 heterocycles. The Balaban J connectivity index is 1.64. The highest BCUT2D eigenvalue weighted by Gasteiger charge is 2.11. The van der Waals surface area contributed by atoms with Crippen LogP contribution in [0.1, 0.15) is 37.2 Å². The number of hydrogen-bond acceptors (Lipinski definition) is 3. The van der Waals surface area contributed by atoms with E-state index < -0.39 is 0 Å². The van der Waals surface area contributed by atoms with Crippen molar-refractivity contribution in [2.24, 2.45) is 5.92 Å². The summed E-state index contributed by atoms with van der Waals surface area (Å²) in [5, 5.41) is 10.1. The molecule has 32 heavy (non-hydrogen) atoms. The summed E-state index contributed by atoms with van der Waals surface area (Å²) >= 11 is 0. The molecule has 0 spiro atoms. The molecule has 0 aliphatic rings. The molecule has 0 atom stereocenters. The second-order valence-corrected chi connectivity index (χ2v) is 8.02. The van der Waals surface area contributed by atoms with Crippen LogP contribution in [0.2, 0.25) is 0 Å². The number of nitrogens with zero attached hydrogens (tertiary/aromatic N) is 2. The topological polar surface area (TPSA) is 76.0 Å². The Morgan fingerprint density at radius 2 is 1.59 bits per heavy atom. The first kappa shape index (κ1) is 22.9. The van der Waals surface area contributed by atoms with Gasteiger partial charge >= 0.3 is 0 Å². The maximum Gasteiger partial charge on any atom is 0.248 e. The summed E-state index contributed by atoms with van der Waals surface area (Å²) in [6.45, 7) is 7.73. The third kappa shape index (κ3) is 5.91. The maximum absolute atomic E-state index is 13.2. The van der Waals surface area contributed by atoms with Gasteiger partial charge in [0, 0.05) is 35.1 Å². The van der Waals surface area contributed by atoms with Crippen molar-refractivity contribution in [3.8, 4) is 5.69 Å². The zero-order valence-electron chi connectivity index (χ0n) is 18.6. The number of benzene rings is 2. The van der Waals surface area contributed by atoms with Crippen LogP contribution in [0.15, 0.2) is 54.6 Å². The van der Waals surface area contributed by atoms with E-state index in [1.807, 2.05) is 27.7 Å². The highest BCUT2D eigenvalue weighted by Crippen LogP contribution is 2.20. The molecule has 2 amide bonds. The van der Waals surface area contributed by atoms with Crippen LogP contribution in [-0.4, -0.2) is 21.6 Å². The van der Waals surface area contributed by atoms with Crippen LogP contribution in [0.5, 0.6) is 0 Å². The lowest BCUT2D eigenvalue weighted by Crippen LogP contribution is -2.14. The van der Waals surface area contributed by atoms with Gasteiger partial charge in [-0.3, -0.25) is 9.59 Å². The molecule has 3 aromatic rings. The molecule has 0 saturated carbocycles. The fourth-order valence-electron chi connectivity index (χ4n) is 3.29. The van der Waals surface area contributed by atoms with E-state index in [1.165, 1.54) is 18.2 Å². The molecule has 0 saturated heterocycles. The summed E-state index contributed by atoms with van der Waals surface area (Å²) < 4.78 is 14.9. The van der Waals surface area contributed by atoms with Crippen LogP contribution in [0, 0.1) is 25.6 Å². The largest absolute Gasteiger partial charge is 0.326 e. The fourth-order valence-corrected chi connectivity index (χ4v) is 3.29. The number of aryl methyl sites for hydroxylation is 1. The minimum Gasteiger partial charge on any atom is -0.326 e. The Labute approximate surface area is 187 Å². The van der Waals surface area contributed by atoms with Crippen molar-refractivity contribution in [2.75, 3.05) is 10.6 Å². The summed E-state index contributed by atoms with van der Waals surface area (Å²) in [5.41, 5.74) is 4.49. The van der Waals surface area contributed by atoms with Gasteiger partial charge in [-0.15, -0.1) is 0 Å². The summed E-state index contributed by atoms with van der Waals surface area (Å²) in [4.78, 5) is 24.2. The van der Waals surface area contributed by atoms with Crippen LogP contribution in [0.4, 0.5) is 15.8 Å². The number of nitrogens with one attached hydrogen (secondary N) is 2. The Hall–Kier alpha value is -3.74. The lowest BCUT2D eigenvalue weighted by atomic mass is 10.1. The van der Waals surface area contributed by atoms with Gasteiger partial charge in [-0.25, -0.2) is 9.07 Å². The standard InChI is InChI=1S/C25H27FN4O2/c1-16(2)15-25(32)28-21-9-7-20(8-10-21)27-24(31)14-13-23-17(3)29-30(18(23)4)22-11-5-19(26)6-12-22/h5-14,16H,15H2,1-4H3,(H,27,31)(H,28,32). The number of anilines is 2. The predicted molar refractivity (Wildman–Crippen MR) is 125 cm³/mol. The lowest BCUT2D eigenvalue weighted by molar-refractivity contribution is -0.117. The quantitative estimate of drug-likeness (QED) is 0.498. The third-order valence-electron chi connectivity index (χ3n) is 4.85. The van der Waals surface area contributed by atoms with Crippen LogP contribution in [0.25, 0.3) is 11.8 Å². The smallest absolute Gasteiger partial charge is 0.248 e. The number of carbonyl (C=O) groups excluding carboxylic acids is 2. The molecule has 6 nitrogen and oxygen atoms in total. The van der Waals surface area contributed by atoms with Gasteiger partial charge in [0.2, 0.25) is 11.8 Å².